The maximum atomic E-state index is 11.3. The summed E-state index contributed by atoms with van der Waals surface area (Å²) in [6.45, 7) is 0. The molecule has 1 aromatic rings. The van der Waals surface area contributed by atoms with Gasteiger partial charge in [-0.25, -0.2) is 0 Å². The fourth-order valence-electron chi connectivity index (χ4n) is 4.34. The van der Waals surface area contributed by atoms with Crippen molar-refractivity contribution in [3.8, 4) is 0 Å². The van der Waals surface area contributed by atoms with Gasteiger partial charge in [0, 0.05) is 19.2 Å². The van der Waals surface area contributed by atoms with Crippen LogP contribution in [0.1, 0.15) is 47.7 Å². The van der Waals surface area contributed by atoms with Gasteiger partial charge in [-0.3, -0.25) is 15.3 Å². The fraction of sp³-hybridized carbons (Fsp3) is 0.600. The smallest absolute Gasteiger partial charge is 0.155 e. The van der Waals surface area contributed by atoms with Crippen molar-refractivity contribution in [3.63, 3.8) is 0 Å². The van der Waals surface area contributed by atoms with E-state index in [-0.39, 0.29) is 5.92 Å². The summed E-state index contributed by atoms with van der Waals surface area (Å²) in [5.74, 6) is 6.57. The highest BCUT2D eigenvalue weighted by molar-refractivity contribution is 5.83. The number of hydrogen-bond donors (Lipinski definition) is 5. The minimum absolute atomic E-state index is 0.205. The molecule has 8 nitrogen and oxygen atoms in total. The second-order valence-electron chi connectivity index (χ2n) is 6.82. The summed E-state index contributed by atoms with van der Waals surface area (Å²) in [6.07, 6.45) is 5.22. The molecule has 1 heterocycles. The molecule has 2 saturated carbocycles. The largest absolute Gasteiger partial charge is 0.398 e. The molecule has 2 aliphatic rings. The molecule has 2 unspecified atom stereocenters. The van der Waals surface area contributed by atoms with Gasteiger partial charge in [0.2, 0.25) is 0 Å². The van der Waals surface area contributed by atoms with Crippen LogP contribution in [-0.2, 0) is 7.05 Å². The first-order valence-corrected chi connectivity index (χ1v) is 7.81. The minimum atomic E-state index is -0.997. The first-order chi connectivity index (χ1) is 10.9. The van der Waals surface area contributed by atoms with Crippen molar-refractivity contribution in [1.29, 1.82) is 0 Å². The number of carbonyl (C=O) groups excluding carboxylic acids is 1. The summed E-state index contributed by atoms with van der Waals surface area (Å²) in [5.41, 5.74) is 14.9. The maximum absolute atomic E-state index is 11.3. The lowest BCUT2D eigenvalue weighted by Gasteiger charge is -2.25. The van der Waals surface area contributed by atoms with Crippen LogP contribution in [0.15, 0.2) is 11.9 Å². The number of hydrazine groups is 1. The number of aldehydes is 1. The van der Waals surface area contributed by atoms with Crippen LogP contribution < -0.4 is 22.7 Å². The van der Waals surface area contributed by atoms with E-state index < -0.39 is 5.60 Å². The van der Waals surface area contributed by atoms with E-state index in [2.05, 4.69) is 10.5 Å². The molecular formula is C15H24N6O2. The number of aliphatic hydroxyl groups is 1. The van der Waals surface area contributed by atoms with Crippen molar-refractivity contribution in [3.05, 3.63) is 23.2 Å². The summed E-state index contributed by atoms with van der Waals surface area (Å²) < 4.78 is 1.55. The van der Waals surface area contributed by atoms with Crippen molar-refractivity contribution in [1.82, 2.24) is 15.2 Å². The van der Waals surface area contributed by atoms with Gasteiger partial charge in [0.05, 0.1) is 17.0 Å². The van der Waals surface area contributed by atoms with Crippen LogP contribution in [0, 0.1) is 11.8 Å². The van der Waals surface area contributed by atoms with Crippen molar-refractivity contribution in [2.75, 3.05) is 5.73 Å². The Labute approximate surface area is 134 Å². The number of nitrogens with one attached hydrogen (secondary N) is 1. The Morgan fingerprint density at radius 2 is 2.04 bits per heavy atom. The summed E-state index contributed by atoms with van der Waals surface area (Å²) in [7, 11) is 1.74. The third kappa shape index (κ3) is 2.47. The van der Waals surface area contributed by atoms with Crippen LogP contribution in [-0.4, -0.2) is 26.8 Å². The molecule has 0 aliphatic heterocycles. The fourth-order valence-corrected chi connectivity index (χ4v) is 4.34. The summed E-state index contributed by atoms with van der Waals surface area (Å²) in [4.78, 5) is 11.3. The molecule has 1 aromatic heterocycles. The van der Waals surface area contributed by atoms with Crippen molar-refractivity contribution in [2.45, 2.75) is 37.2 Å². The van der Waals surface area contributed by atoms with Gasteiger partial charge in [0.1, 0.15) is 11.4 Å². The molecular weight excluding hydrogens is 296 g/mol. The highest BCUT2D eigenvalue weighted by atomic mass is 16.3. The Bertz CT molecular complexity index is 639. The summed E-state index contributed by atoms with van der Waals surface area (Å²) in [6, 6.07) is 0. The van der Waals surface area contributed by atoms with E-state index in [9.17, 15) is 9.90 Å². The van der Waals surface area contributed by atoms with Crippen molar-refractivity contribution >= 4 is 12.1 Å². The minimum Gasteiger partial charge on any atom is -0.398 e. The molecule has 0 bridgehead atoms. The van der Waals surface area contributed by atoms with E-state index in [1.807, 2.05) is 0 Å². The molecule has 8 N–H and O–H groups in total. The number of aryl methyl sites for hydroxylation is 1. The summed E-state index contributed by atoms with van der Waals surface area (Å²) in [5, 5.41) is 15.1. The predicted octanol–water partition coefficient (Wildman–Crippen LogP) is -0.287. The van der Waals surface area contributed by atoms with Gasteiger partial charge in [0.15, 0.2) is 6.29 Å². The van der Waals surface area contributed by atoms with Gasteiger partial charge in [0.25, 0.3) is 0 Å². The first kappa shape index (κ1) is 15.8. The number of aromatic nitrogens is 2. The monoisotopic (exact) mass is 320 g/mol. The van der Waals surface area contributed by atoms with Crippen molar-refractivity contribution < 1.29 is 9.90 Å². The van der Waals surface area contributed by atoms with E-state index in [0.717, 1.165) is 24.8 Å². The summed E-state index contributed by atoms with van der Waals surface area (Å²) >= 11 is 0. The van der Waals surface area contributed by atoms with Crippen LogP contribution in [0.2, 0.25) is 0 Å². The number of rotatable bonds is 4. The third-order valence-electron chi connectivity index (χ3n) is 5.48. The van der Waals surface area contributed by atoms with E-state index in [1.54, 1.807) is 11.7 Å². The number of carbonyl (C=O) groups is 1. The van der Waals surface area contributed by atoms with E-state index >= 15 is 0 Å². The number of hydrogen-bond acceptors (Lipinski definition) is 7. The quantitative estimate of drug-likeness (QED) is 0.291. The van der Waals surface area contributed by atoms with Crippen LogP contribution in [0.25, 0.3) is 0 Å². The zero-order valence-electron chi connectivity index (χ0n) is 13.2. The van der Waals surface area contributed by atoms with Gasteiger partial charge in [-0.15, -0.1) is 0 Å². The van der Waals surface area contributed by atoms with E-state index in [4.69, 9.17) is 17.3 Å². The zero-order valence-corrected chi connectivity index (χ0v) is 13.2. The van der Waals surface area contributed by atoms with Crippen LogP contribution in [0.4, 0.5) is 5.82 Å². The molecule has 2 aliphatic carbocycles. The Kier molecular flexibility index (Phi) is 3.81. The molecule has 0 radical (unpaired) electrons. The number of nitrogen functional groups attached to an aromatic ring is 1. The second-order valence-corrected chi connectivity index (χ2v) is 6.82. The lowest BCUT2D eigenvalue weighted by Crippen LogP contribution is -2.35. The Morgan fingerprint density at radius 3 is 2.57 bits per heavy atom. The number of nitrogens with zero attached hydrogens (tertiary/aromatic N) is 2. The average molecular weight is 320 g/mol. The highest BCUT2D eigenvalue weighted by Crippen LogP contribution is 2.55. The van der Waals surface area contributed by atoms with E-state index in [1.165, 1.54) is 6.20 Å². The molecule has 2 atom stereocenters. The Hall–Kier alpha value is -2.06. The van der Waals surface area contributed by atoms with Gasteiger partial charge in [-0.2, -0.15) is 5.10 Å². The highest BCUT2D eigenvalue weighted by Gasteiger charge is 2.50. The molecule has 0 aromatic carbocycles. The predicted molar refractivity (Wildman–Crippen MR) is 85.7 cm³/mol. The molecule has 0 amide bonds. The number of nitrogens with two attached hydrogens (primary N) is 3. The first-order valence-electron chi connectivity index (χ1n) is 7.81. The normalized spacial score (nSPS) is 33.7. The third-order valence-corrected chi connectivity index (χ3v) is 5.48. The van der Waals surface area contributed by atoms with Crippen LogP contribution >= 0.6 is 0 Å². The molecule has 0 saturated heterocycles. The number of fused-ring (bicyclic) bond motifs is 1. The van der Waals surface area contributed by atoms with Gasteiger partial charge >= 0.3 is 0 Å². The molecule has 0 spiro atoms. The van der Waals surface area contributed by atoms with Crippen LogP contribution in [0.3, 0.4) is 0 Å². The molecule has 3 rings (SSSR count). The Morgan fingerprint density at radius 1 is 1.43 bits per heavy atom. The van der Waals surface area contributed by atoms with Gasteiger partial charge < -0.3 is 22.0 Å². The SMILES string of the molecule is Cn1nc(C2CC3CC(O)(/C(N)=C/NN)CC3C2)c(C=O)c1N. The Balaban J connectivity index is 1.77. The molecule has 126 valence electrons. The second kappa shape index (κ2) is 5.54. The standard InChI is InChI=1S/C15H24N6O2/c1-21-14(17)11(7-22)13(20-21)8-2-9-4-15(23,5-10(9)3-8)12(16)6-19-18/h6-10,19,23H,2-5,16-18H2,1H3/b12-6-. The maximum Gasteiger partial charge on any atom is 0.155 e. The number of anilines is 1. The molecule has 2 fully saturated rings. The lowest BCUT2D eigenvalue weighted by atomic mass is 9.90. The molecule has 23 heavy (non-hydrogen) atoms. The van der Waals surface area contributed by atoms with Gasteiger partial charge in [-0.05, 0) is 37.5 Å². The average Bonchev–Trinajstić information content (AvgIpc) is 3.10. The molecule has 8 heteroatoms. The lowest BCUT2D eigenvalue weighted by molar-refractivity contribution is 0.0736. The van der Waals surface area contributed by atoms with Gasteiger partial charge in [-0.1, -0.05) is 0 Å². The van der Waals surface area contributed by atoms with Crippen molar-refractivity contribution in [2.24, 2.45) is 30.5 Å². The van der Waals surface area contributed by atoms with E-state index in [0.29, 0.717) is 41.8 Å². The van der Waals surface area contributed by atoms with Crippen LogP contribution in [0.5, 0.6) is 0 Å². The zero-order chi connectivity index (χ0) is 16.8. The topological polar surface area (TPSA) is 145 Å².